The Morgan fingerprint density at radius 1 is 1.00 bits per heavy atom. The van der Waals surface area contributed by atoms with Crippen LogP contribution >= 0.6 is 0 Å². The summed E-state index contributed by atoms with van der Waals surface area (Å²) in [4.78, 5) is 13.3. The molecule has 0 heterocycles. The third-order valence-electron chi connectivity index (χ3n) is 4.46. The second-order valence-corrected chi connectivity index (χ2v) is 6.59. The molecular weight excluding hydrogens is 340 g/mol. The second kappa shape index (κ2) is 10.4. The van der Waals surface area contributed by atoms with E-state index in [9.17, 15) is 10.0 Å². The van der Waals surface area contributed by atoms with Crippen LogP contribution in [0.1, 0.15) is 55.5 Å². The van der Waals surface area contributed by atoms with Gasteiger partial charge in [0.15, 0.2) is 6.21 Å². The summed E-state index contributed by atoms with van der Waals surface area (Å²) < 4.78 is 0.757. The summed E-state index contributed by atoms with van der Waals surface area (Å²) in [6.07, 6.45) is 6.17. The Balaban J connectivity index is 2.12. The molecule has 0 bridgehead atoms. The largest absolute Gasteiger partial charge is 0.618 e. The van der Waals surface area contributed by atoms with Crippen molar-refractivity contribution in [1.29, 1.82) is 0 Å². The highest BCUT2D eigenvalue weighted by molar-refractivity contribution is 5.87. The summed E-state index contributed by atoms with van der Waals surface area (Å²) in [6.45, 7) is 6.48. The van der Waals surface area contributed by atoms with Gasteiger partial charge < -0.3 is 15.2 Å². The van der Waals surface area contributed by atoms with Crippen molar-refractivity contribution >= 4 is 23.6 Å². The Bertz CT molecular complexity index is 744. The summed E-state index contributed by atoms with van der Waals surface area (Å²) in [5.74, 6) is -1.01. The van der Waals surface area contributed by atoms with Crippen LogP contribution in [0.3, 0.4) is 0 Å². The number of carboxylic acid groups (broad SMARTS) is 1. The van der Waals surface area contributed by atoms with Gasteiger partial charge in [-0.1, -0.05) is 26.7 Å². The van der Waals surface area contributed by atoms with Crippen molar-refractivity contribution in [2.24, 2.45) is 0 Å². The third kappa shape index (κ3) is 6.13. The van der Waals surface area contributed by atoms with Gasteiger partial charge in [0.1, 0.15) is 0 Å². The molecule has 27 heavy (non-hydrogen) atoms. The lowest BCUT2D eigenvalue weighted by Gasteiger charge is -2.24. The Hall–Kier alpha value is -2.82. The maximum absolute atomic E-state index is 12.3. The van der Waals surface area contributed by atoms with E-state index in [1.807, 2.05) is 12.1 Å². The number of hydrogen-bond donors (Lipinski definition) is 1. The van der Waals surface area contributed by atoms with Gasteiger partial charge >= 0.3 is 5.97 Å². The monoisotopic (exact) mass is 368 g/mol. The molecule has 0 aliphatic rings. The summed E-state index contributed by atoms with van der Waals surface area (Å²) in [6, 6.07) is 13.9. The number of aromatic carboxylic acids is 1. The molecule has 1 N–H and O–H groups in total. The van der Waals surface area contributed by atoms with E-state index < -0.39 is 5.97 Å². The quantitative estimate of drug-likeness (QED) is 0.276. The highest BCUT2D eigenvalue weighted by atomic mass is 16.5. The first-order chi connectivity index (χ1) is 13.0. The van der Waals surface area contributed by atoms with Crippen molar-refractivity contribution in [2.75, 3.05) is 18.0 Å². The third-order valence-corrected chi connectivity index (χ3v) is 4.46. The number of carboxylic acids is 1. The summed E-state index contributed by atoms with van der Waals surface area (Å²) >= 11 is 0. The number of nitrogens with zero attached hydrogens (tertiary/aromatic N) is 2. The molecule has 0 aliphatic carbocycles. The predicted molar refractivity (Wildman–Crippen MR) is 110 cm³/mol. The second-order valence-electron chi connectivity index (χ2n) is 6.59. The molecule has 0 saturated carbocycles. The average molecular weight is 368 g/mol. The van der Waals surface area contributed by atoms with Gasteiger partial charge in [0, 0.05) is 36.5 Å². The van der Waals surface area contributed by atoms with Crippen LogP contribution in [0.15, 0.2) is 48.5 Å². The minimum absolute atomic E-state index is 0.163. The van der Waals surface area contributed by atoms with Crippen LogP contribution in [0.4, 0.5) is 11.4 Å². The SMILES string of the molecule is CCCCN(CCCC)c1ccc(C=[N+]([O-])c2ccc(C(=O)O)cc2)cc1. The van der Waals surface area contributed by atoms with Crippen molar-refractivity contribution in [3.05, 3.63) is 64.9 Å². The zero-order chi connectivity index (χ0) is 19.6. The molecule has 5 heteroatoms. The summed E-state index contributed by atoms with van der Waals surface area (Å²) in [5.41, 5.74) is 2.55. The number of hydrogen-bond acceptors (Lipinski definition) is 3. The topological polar surface area (TPSA) is 66.6 Å². The van der Waals surface area contributed by atoms with Gasteiger partial charge in [-0.3, -0.25) is 0 Å². The highest BCUT2D eigenvalue weighted by Gasteiger charge is 2.08. The van der Waals surface area contributed by atoms with Crippen molar-refractivity contribution in [1.82, 2.24) is 0 Å². The van der Waals surface area contributed by atoms with Crippen LogP contribution in [-0.4, -0.2) is 35.1 Å². The van der Waals surface area contributed by atoms with Crippen molar-refractivity contribution in [2.45, 2.75) is 39.5 Å². The van der Waals surface area contributed by atoms with E-state index in [4.69, 9.17) is 5.11 Å². The van der Waals surface area contributed by atoms with E-state index >= 15 is 0 Å². The fraction of sp³-hybridized carbons (Fsp3) is 0.364. The molecule has 0 radical (unpaired) electrons. The van der Waals surface area contributed by atoms with Gasteiger partial charge in [0.2, 0.25) is 5.69 Å². The van der Waals surface area contributed by atoms with Gasteiger partial charge in [-0.15, -0.1) is 0 Å². The average Bonchev–Trinajstić information content (AvgIpc) is 2.69. The Morgan fingerprint density at radius 3 is 2.04 bits per heavy atom. The molecule has 2 aromatic rings. The molecule has 5 nitrogen and oxygen atoms in total. The zero-order valence-corrected chi connectivity index (χ0v) is 16.1. The number of anilines is 1. The number of carbonyl (C=O) groups is 1. The fourth-order valence-electron chi connectivity index (χ4n) is 2.80. The molecular formula is C22H28N2O3. The van der Waals surface area contributed by atoms with Gasteiger partial charge in [0.05, 0.1) is 5.56 Å². The van der Waals surface area contributed by atoms with Crippen LogP contribution in [0.2, 0.25) is 0 Å². The number of rotatable bonds is 10. The minimum atomic E-state index is -1.01. The van der Waals surface area contributed by atoms with Gasteiger partial charge in [-0.25, -0.2) is 4.79 Å². The van der Waals surface area contributed by atoms with E-state index in [2.05, 4.69) is 30.9 Å². The van der Waals surface area contributed by atoms with Gasteiger partial charge in [-0.05, 0) is 49.2 Å². The van der Waals surface area contributed by atoms with Crippen molar-refractivity contribution in [3.8, 4) is 0 Å². The van der Waals surface area contributed by atoms with E-state index in [1.54, 1.807) is 0 Å². The van der Waals surface area contributed by atoms with E-state index in [0.717, 1.165) is 36.2 Å². The van der Waals surface area contributed by atoms with E-state index in [1.165, 1.54) is 49.0 Å². The lowest BCUT2D eigenvalue weighted by molar-refractivity contribution is -0.354. The maximum Gasteiger partial charge on any atom is 0.335 e. The number of unbranched alkanes of at least 4 members (excludes halogenated alkanes) is 2. The lowest BCUT2D eigenvalue weighted by Crippen LogP contribution is -2.25. The standard InChI is InChI=1S/C22H28N2O3/c1-3-5-15-23(16-6-4-2)20-11-7-18(8-12-20)17-24(27)21-13-9-19(10-14-21)22(25)26/h7-14,17H,3-6,15-16H2,1-2H3,(H,25,26). The molecule has 0 atom stereocenters. The molecule has 0 saturated heterocycles. The first kappa shape index (κ1) is 20.5. The van der Waals surface area contributed by atoms with Crippen LogP contribution < -0.4 is 4.90 Å². The van der Waals surface area contributed by atoms with E-state index in [0.29, 0.717) is 5.69 Å². The molecule has 0 aliphatic heterocycles. The molecule has 0 aromatic heterocycles. The summed E-state index contributed by atoms with van der Waals surface area (Å²) in [7, 11) is 0. The molecule has 2 rings (SSSR count). The molecule has 0 unspecified atom stereocenters. The lowest BCUT2D eigenvalue weighted by atomic mass is 10.1. The van der Waals surface area contributed by atoms with Crippen molar-refractivity contribution in [3.63, 3.8) is 0 Å². The number of benzene rings is 2. The summed E-state index contributed by atoms with van der Waals surface area (Å²) in [5, 5.41) is 21.2. The van der Waals surface area contributed by atoms with Crippen LogP contribution in [0.5, 0.6) is 0 Å². The maximum atomic E-state index is 12.3. The van der Waals surface area contributed by atoms with Gasteiger partial charge in [0.25, 0.3) is 0 Å². The highest BCUT2D eigenvalue weighted by Crippen LogP contribution is 2.18. The van der Waals surface area contributed by atoms with Crippen LogP contribution in [0.25, 0.3) is 0 Å². The Kier molecular flexibility index (Phi) is 7.86. The van der Waals surface area contributed by atoms with E-state index in [-0.39, 0.29) is 5.56 Å². The first-order valence-corrected chi connectivity index (χ1v) is 9.54. The Labute approximate surface area is 161 Å². The Morgan fingerprint density at radius 2 is 1.56 bits per heavy atom. The molecule has 0 amide bonds. The molecule has 0 fully saturated rings. The molecule has 2 aromatic carbocycles. The smallest absolute Gasteiger partial charge is 0.335 e. The van der Waals surface area contributed by atoms with Gasteiger partial charge in [-0.2, -0.15) is 4.74 Å². The first-order valence-electron chi connectivity index (χ1n) is 9.54. The minimum Gasteiger partial charge on any atom is -0.618 e. The normalized spacial score (nSPS) is 11.4. The molecule has 144 valence electrons. The fourth-order valence-corrected chi connectivity index (χ4v) is 2.80. The van der Waals surface area contributed by atoms with Crippen LogP contribution in [0, 0.1) is 5.21 Å². The zero-order valence-electron chi connectivity index (χ0n) is 16.1. The predicted octanol–water partition coefficient (Wildman–Crippen LogP) is 5.05. The van der Waals surface area contributed by atoms with Crippen LogP contribution in [-0.2, 0) is 0 Å². The molecule has 0 spiro atoms. The van der Waals surface area contributed by atoms with Crippen molar-refractivity contribution < 1.29 is 14.6 Å².